The lowest BCUT2D eigenvalue weighted by molar-refractivity contribution is 0.341. The second-order valence-corrected chi connectivity index (χ2v) is 7.25. The Bertz CT molecular complexity index is 480. The summed E-state index contributed by atoms with van der Waals surface area (Å²) in [5.74, 6) is 0.831. The van der Waals surface area contributed by atoms with E-state index in [1.54, 1.807) is 11.9 Å². The molecule has 5 heteroatoms. The van der Waals surface area contributed by atoms with Crippen LogP contribution in [0.1, 0.15) is 27.7 Å². The fourth-order valence-corrected chi connectivity index (χ4v) is 2.62. The smallest absolute Gasteiger partial charge is 0.206 e. The number of benzene rings is 1. The van der Waals surface area contributed by atoms with Crippen molar-refractivity contribution in [1.82, 2.24) is 4.72 Å². The van der Waals surface area contributed by atoms with Gasteiger partial charge in [-0.15, -0.1) is 0 Å². The minimum Gasteiger partial charge on any atom is -0.325 e. The van der Waals surface area contributed by atoms with Crippen LogP contribution in [0.5, 0.6) is 0 Å². The van der Waals surface area contributed by atoms with Gasteiger partial charge in [-0.25, -0.2) is 4.99 Å². The van der Waals surface area contributed by atoms with E-state index < -0.39 is 0 Å². The summed E-state index contributed by atoms with van der Waals surface area (Å²) in [7, 11) is 0. The van der Waals surface area contributed by atoms with Gasteiger partial charge in [0.05, 0.1) is 16.6 Å². The van der Waals surface area contributed by atoms with Gasteiger partial charge in [-0.05, 0) is 42.5 Å². The minimum absolute atomic E-state index is 0.168. The molecule has 3 nitrogen and oxygen atoms in total. The molecule has 98 valence electrons. The molecule has 2 N–H and O–H groups in total. The molecule has 0 aromatic heterocycles. The van der Waals surface area contributed by atoms with Gasteiger partial charge in [0, 0.05) is 4.47 Å². The molecule has 1 aliphatic heterocycles. The molecular formula is C13H18BrN3S. The summed E-state index contributed by atoms with van der Waals surface area (Å²) < 4.78 is 4.32. The average Bonchev–Trinajstić information content (AvgIpc) is 2.28. The standard InChI is InChI=1S/C13H18BrN3S/c1-8(13(2,3)4)15-12-16-10-6-5-9(14)7-11(10)18-17-12/h5-8H,1-4H3,(H2,15,16,17). The summed E-state index contributed by atoms with van der Waals surface area (Å²) in [5.41, 5.74) is 1.27. The highest BCUT2D eigenvalue weighted by atomic mass is 79.9. The average molecular weight is 328 g/mol. The molecular weight excluding hydrogens is 310 g/mol. The van der Waals surface area contributed by atoms with Gasteiger partial charge >= 0.3 is 0 Å². The zero-order valence-corrected chi connectivity index (χ0v) is 13.4. The van der Waals surface area contributed by atoms with Crippen molar-refractivity contribution in [3.63, 3.8) is 0 Å². The molecule has 0 bridgehead atoms. The Balaban J connectivity index is 2.17. The molecule has 0 spiro atoms. The van der Waals surface area contributed by atoms with Crippen molar-refractivity contribution in [2.45, 2.75) is 38.6 Å². The summed E-state index contributed by atoms with van der Waals surface area (Å²) in [5, 5.41) is 3.32. The van der Waals surface area contributed by atoms with Crippen molar-refractivity contribution in [2.24, 2.45) is 10.4 Å². The van der Waals surface area contributed by atoms with E-state index in [0.29, 0.717) is 0 Å². The molecule has 18 heavy (non-hydrogen) atoms. The highest BCUT2D eigenvalue weighted by molar-refractivity contribution is 9.10. The van der Waals surface area contributed by atoms with Gasteiger partial charge in [0.15, 0.2) is 0 Å². The van der Waals surface area contributed by atoms with E-state index >= 15 is 0 Å². The molecule has 0 saturated heterocycles. The van der Waals surface area contributed by atoms with Crippen molar-refractivity contribution in [2.75, 3.05) is 5.32 Å². The van der Waals surface area contributed by atoms with E-state index in [2.05, 4.69) is 65.8 Å². The second-order valence-electron chi connectivity index (χ2n) is 5.49. The normalized spacial score (nSPS) is 18.8. The molecule has 1 unspecified atom stereocenters. The Kier molecular flexibility index (Phi) is 3.92. The summed E-state index contributed by atoms with van der Waals surface area (Å²) in [6, 6.07) is 6.43. The van der Waals surface area contributed by atoms with Crippen LogP contribution in [0.2, 0.25) is 0 Å². The van der Waals surface area contributed by atoms with E-state index in [1.807, 2.05) is 6.07 Å². The van der Waals surface area contributed by atoms with Crippen molar-refractivity contribution < 1.29 is 0 Å². The molecule has 1 atom stereocenters. The van der Waals surface area contributed by atoms with Gasteiger partial charge in [0.2, 0.25) is 5.96 Å². The van der Waals surface area contributed by atoms with Gasteiger partial charge in [-0.2, -0.15) is 0 Å². The van der Waals surface area contributed by atoms with Crippen LogP contribution in [0, 0.1) is 5.41 Å². The lowest BCUT2D eigenvalue weighted by atomic mass is 9.89. The third kappa shape index (κ3) is 3.20. The first-order valence-corrected chi connectivity index (χ1v) is 7.54. The third-order valence-corrected chi connectivity index (χ3v) is 4.38. The Morgan fingerprint density at radius 1 is 1.33 bits per heavy atom. The molecule has 1 aromatic rings. The van der Waals surface area contributed by atoms with E-state index in [-0.39, 0.29) is 11.5 Å². The van der Waals surface area contributed by atoms with Gasteiger partial charge in [-0.3, -0.25) is 4.72 Å². The fourth-order valence-electron chi connectivity index (χ4n) is 1.39. The van der Waals surface area contributed by atoms with Crippen LogP contribution in [0.25, 0.3) is 0 Å². The maximum atomic E-state index is 4.69. The Labute approximate surface area is 121 Å². The maximum absolute atomic E-state index is 4.69. The molecule has 2 rings (SSSR count). The molecule has 0 saturated carbocycles. The van der Waals surface area contributed by atoms with Gasteiger partial charge in [0.1, 0.15) is 0 Å². The number of fused-ring (bicyclic) bond motifs is 1. The number of guanidine groups is 1. The van der Waals surface area contributed by atoms with E-state index in [9.17, 15) is 0 Å². The van der Waals surface area contributed by atoms with Crippen LogP contribution in [0.3, 0.4) is 0 Å². The number of hydrogen-bond acceptors (Lipinski definition) is 2. The molecule has 0 fully saturated rings. The monoisotopic (exact) mass is 327 g/mol. The first-order valence-electron chi connectivity index (χ1n) is 5.93. The number of anilines is 1. The lowest BCUT2D eigenvalue weighted by Crippen LogP contribution is -2.33. The van der Waals surface area contributed by atoms with Crippen LogP contribution in [0.4, 0.5) is 5.69 Å². The van der Waals surface area contributed by atoms with Crippen molar-refractivity contribution >= 4 is 39.5 Å². The molecule has 1 heterocycles. The first-order chi connectivity index (χ1) is 8.36. The second kappa shape index (κ2) is 5.13. The zero-order valence-electron chi connectivity index (χ0n) is 11.0. The zero-order chi connectivity index (χ0) is 13.3. The summed E-state index contributed by atoms with van der Waals surface area (Å²) in [6.45, 7) is 8.73. The van der Waals surface area contributed by atoms with Crippen LogP contribution < -0.4 is 10.0 Å². The Morgan fingerprint density at radius 3 is 2.72 bits per heavy atom. The highest BCUT2D eigenvalue weighted by Crippen LogP contribution is 2.32. The van der Waals surface area contributed by atoms with Crippen LogP contribution in [-0.4, -0.2) is 12.0 Å². The first kappa shape index (κ1) is 13.7. The Hall–Kier alpha value is -0.680. The fraction of sp³-hybridized carbons (Fsp3) is 0.462. The molecule has 0 radical (unpaired) electrons. The number of halogens is 1. The summed E-state index contributed by atoms with van der Waals surface area (Å²) in [4.78, 5) is 5.86. The van der Waals surface area contributed by atoms with Crippen LogP contribution in [0.15, 0.2) is 32.6 Å². The number of hydrogen-bond donors (Lipinski definition) is 2. The minimum atomic E-state index is 0.168. The largest absolute Gasteiger partial charge is 0.325 e. The van der Waals surface area contributed by atoms with E-state index in [1.165, 1.54) is 4.90 Å². The van der Waals surface area contributed by atoms with Crippen LogP contribution in [-0.2, 0) is 0 Å². The maximum Gasteiger partial charge on any atom is 0.206 e. The predicted molar refractivity (Wildman–Crippen MR) is 83.1 cm³/mol. The SMILES string of the molecule is CC(N=C1NSc2cc(Br)ccc2N1)C(C)(C)C. The van der Waals surface area contributed by atoms with Gasteiger partial charge in [0.25, 0.3) is 0 Å². The van der Waals surface area contributed by atoms with Gasteiger partial charge in [-0.1, -0.05) is 36.7 Å². The summed E-state index contributed by atoms with van der Waals surface area (Å²) in [6.07, 6.45) is 0. The topological polar surface area (TPSA) is 36.4 Å². The van der Waals surface area contributed by atoms with Crippen molar-refractivity contribution in [3.8, 4) is 0 Å². The molecule has 0 aliphatic carbocycles. The molecule has 1 aliphatic rings. The van der Waals surface area contributed by atoms with Gasteiger partial charge < -0.3 is 5.32 Å². The molecule has 1 aromatic carbocycles. The number of nitrogens with zero attached hydrogens (tertiary/aromatic N) is 1. The van der Waals surface area contributed by atoms with E-state index in [0.717, 1.165) is 16.1 Å². The van der Waals surface area contributed by atoms with Crippen molar-refractivity contribution in [1.29, 1.82) is 0 Å². The number of nitrogens with one attached hydrogen (secondary N) is 2. The molecule has 0 amide bonds. The lowest BCUT2D eigenvalue weighted by Gasteiger charge is -2.27. The summed E-state index contributed by atoms with van der Waals surface area (Å²) >= 11 is 5.06. The predicted octanol–water partition coefficient (Wildman–Crippen LogP) is 4.26. The number of rotatable bonds is 1. The third-order valence-electron chi connectivity index (χ3n) is 3.03. The highest BCUT2D eigenvalue weighted by Gasteiger charge is 2.21. The van der Waals surface area contributed by atoms with Crippen molar-refractivity contribution in [3.05, 3.63) is 22.7 Å². The van der Waals surface area contributed by atoms with E-state index in [4.69, 9.17) is 4.99 Å². The van der Waals surface area contributed by atoms with Crippen LogP contribution >= 0.6 is 27.9 Å². The quantitative estimate of drug-likeness (QED) is 0.756. The Morgan fingerprint density at radius 2 is 2.06 bits per heavy atom. The number of aliphatic imine (C=N–C) groups is 1.